The number of amides is 1. The Kier molecular flexibility index (Phi) is 11.4. The van der Waals surface area contributed by atoms with Crippen LogP contribution in [0.15, 0.2) is 4.99 Å². The molecule has 2 saturated heterocycles. The smallest absolute Gasteiger partial charge is 0.222 e. The first kappa shape index (κ1) is 23.9. The van der Waals surface area contributed by atoms with Crippen LogP contribution in [-0.4, -0.2) is 98.6 Å². The summed E-state index contributed by atoms with van der Waals surface area (Å²) in [5.41, 5.74) is 0. The lowest BCUT2D eigenvalue weighted by Crippen LogP contribution is -2.47. The fourth-order valence-corrected chi connectivity index (χ4v) is 4.13. The van der Waals surface area contributed by atoms with Gasteiger partial charge < -0.3 is 25.3 Å². The quantitative estimate of drug-likeness (QED) is 0.327. The van der Waals surface area contributed by atoms with Gasteiger partial charge in [-0.15, -0.1) is 0 Å². The lowest BCUT2D eigenvalue weighted by Gasteiger charge is -2.35. The number of likely N-dealkylation sites (N-methyl/N-ethyl adjacent to an activating group) is 1. The lowest BCUT2D eigenvalue weighted by molar-refractivity contribution is -0.130. The second-order valence-electron chi connectivity index (χ2n) is 8.53. The van der Waals surface area contributed by atoms with Crippen LogP contribution in [0.25, 0.3) is 0 Å². The van der Waals surface area contributed by atoms with Crippen molar-refractivity contribution in [1.29, 1.82) is 0 Å². The van der Waals surface area contributed by atoms with E-state index in [0.29, 0.717) is 11.8 Å². The van der Waals surface area contributed by atoms with Crippen molar-refractivity contribution in [3.05, 3.63) is 0 Å². The number of hydrogen-bond acceptors (Lipinski definition) is 4. The van der Waals surface area contributed by atoms with Crippen molar-refractivity contribution in [3.8, 4) is 0 Å². The zero-order chi connectivity index (χ0) is 20.9. The van der Waals surface area contributed by atoms with E-state index in [2.05, 4.69) is 41.2 Å². The van der Waals surface area contributed by atoms with Crippen LogP contribution in [0.1, 0.15) is 52.9 Å². The number of guanidine groups is 1. The molecule has 7 nitrogen and oxygen atoms in total. The van der Waals surface area contributed by atoms with Gasteiger partial charge in [-0.25, -0.2) is 0 Å². The number of carbonyl (C=O) groups is 1. The largest absolute Gasteiger partial charge is 0.357 e. The van der Waals surface area contributed by atoms with Gasteiger partial charge in [-0.2, -0.15) is 0 Å². The Morgan fingerprint density at radius 2 is 1.79 bits per heavy atom. The van der Waals surface area contributed by atoms with Gasteiger partial charge in [0.1, 0.15) is 0 Å². The third-order valence-electron chi connectivity index (χ3n) is 5.96. The maximum atomic E-state index is 12.1. The Hall–Kier alpha value is -1.34. The third-order valence-corrected chi connectivity index (χ3v) is 5.96. The van der Waals surface area contributed by atoms with Crippen LogP contribution < -0.4 is 10.6 Å². The molecule has 2 aliphatic rings. The fraction of sp³-hybridized carbons (Fsp3) is 0.909. The van der Waals surface area contributed by atoms with E-state index in [0.717, 1.165) is 77.5 Å². The average molecular weight is 409 g/mol. The lowest BCUT2D eigenvalue weighted by atomic mass is 10.1. The van der Waals surface area contributed by atoms with Gasteiger partial charge in [0.15, 0.2) is 5.96 Å². The molecular formula is C22H44N6O. The monoisotopic (exact) mass is 408 g/mol. The molecule has 0 aromatic carbocycles. The van der Waals surface area contributed by atoms with Gasteiger partial charge in [0.25, 0.3) is 0 Å². The molecule has 1 unspecified atom stereocenters. The molecule has 2 heterocycles. The molecule has 0 bridgehead atoms. The second-order valence-corrected chi connectivity index (χ2v) is 8.53. The van der Waals surface area contributed by atoms with E-state index in [4.69, 9.17) is 4.99 Å². The Labute approximate surface area is 178 Å². The average Bonchev–Trinajstić information content (AvgIpc) is 2.94. The van der Waals surface area contributed by atoms with Crippen molar-refractivity contribution in [3.63, 3.8) is 0 Å². The van der Waals surface area contributed by atoms with Crippen LogP contribution in [0, 0.1) is 5.92 Å². The Morgan fingerprint density at radius 1 is 1.03 bits per heavy atom. The first-order valence-electron chi connectivity index (χ1n) is 11.9. The van der Waals surface area contributed by atoms with Gasteiger partial charge in [-0.3, -0.25) is 9.79 Å². The highest BCUT2D eigenvalue weighted by atomic mass is 16.2. The number of carbonyl (C=O) groups excluding carboxylic acids is 1. The summed E-state index contributed by atoms with van der Waals surface area (Å²) >= 11 is 0. The summed E-state index contributed by atoms with van der Waals surface area (Å²) in [5.74, 6) is 1.78. The summed E-state index contributed by atoms with van der Waals surface area (Å²) < 4.78 is 0. The summed E-state index contributed by atoms with van der Waals surface area (Å²) in [5, 5.41) is 6.79. The standard InChI is InChI=1S/C22H44N6O/c1-4-23-22(24-11-9-13-28-12-8-6-7-10-21(28)29)25-18-20(3)19-27-16-14-26(5-2)15-17-27/h20H,4-19H2,1-3H3,(H2,23,24,25). The van der Waals surface area contributed by atoms with E-state index in [-0.39, 0.29) is 0 Å². The highest BCUT2D eigenvalue weighted by Gasteiger charge is 2.18. The van der Waals surface area contributed by atoms with Gasteiger partial charge in [0.05, 0.1) is 0 Å². The van der Waals surface area contributed by atoms with Crippen molar-refractivity contribution in [2.24, 2.45) is 10.9 Å². The minimum absolute atomic E-state index is 0.330. The minimum atomic E-state index is 0.330. The molecule has 0 aliphatic carbocycles. The van der Waals surface area contributed by atoms with Crippen LogP contribution in [0.5, 0.6) is 0 Å². The Bertz CT molecular complexity index is 490. The highest BCUT2D eigenvalue weighted by Crippen LogP contribution is 2.11. The van der Waals surface area contributed by atoms with Crippen LogP contribution >= 0.6 is 0 Å². The van der Waals surface area contributed by atoms with E-state index in [1.807, 2.05) is 4.90 Å². The number of piperazine rings is 1. The second kappa shape index (κ2) is 13.8. The van der Waals surface area contributed by atoms with Crippen LogP contribution in [-0.2, 0) is 4.79 Å². The third kappa shape index (κ3) is 9.34. The first-order chi connectivity index (χ1) is 14.1. The van der Waals surface area contributed by atoms with Crippen LogP contribution in [0.4, 0.5) is 0 Å². The molecule has 0 saturated carbocycles. The van der Waals surface area contributed by atoms with Gasteiger partial charge >= 0.3 is 0 Å². The van der Waals surface area contributed by atoms with E-state index in [9.17, 15) is 4.79 Å². The Balaban J connectivity index is 1.66. The summed E-state index contributed by atoms with van der Waals surface area (Å²) in [6, 6.07) is 0. The van der Waals surface area contributed by atoms with Crippen molar-refractivity contribution >= 4 is 11.9 Å². The van der Waals surface area contributed by atoms with Crippen LogP contribution in [0.2, 0.25) is 0 Å². The van der Waals surface area contributed by atoms with Crippen molar-refractivity contribution < 1.29 is 4.79 Å². The van der Waals surface area contributed by atoms with E-state index >= 15 is 0 Å². The number of rotatable bonds is 10. The molecule has 2 N–H and O–H groups in total. The maximum Gasteiger partial charge on any atom is 0.222 e. The number of nitrogens with one attached hydrogen (secondary N) is 2. The predicted molar refractivity (Wildman–Crippen MR) is 121 cm³/mol. The van der Waals surface area contributed by atoms with Gasteiger partial charge in [0.2, 0.25) is 5.91 Å². The van der Waals surface area contributed by atoms with Gasteiger partial charge in [0, 0.05) is 71.9 Å². The van der Waals surface area contributed by atoms with Crippen LogP contribution in [0.3, 0.4) is 0 Å². The summed E-state index contributed by atoms with van der Waals surface area (Å²) in [4.78, 5) is 24.0. The van der Waals surface area contributed by atoms with E-state index in [1.54, 1.807) is 0 Å². The fourth-order valence-electron chi connectivity index (χ4n) is 4.13. The SMILES string of the molecule is CCNC(=NCC(C)CN1CCN(CC)CC1)NCCCN1CCCCCC1=O. The normalized spacial score (nSPS) is 21.1. The number of hydrogen-bond donors (Lipinski definition) is 2. The van der Waals surface area contributed by atoms with Crippen molar-refractivity contribution in [2.75, 3.05) is 72.0 Å². The topological polar surface area (TPSA) is 63.2 Å². The van der Waals surface area contributed by atoms with E-state index < -0.39 is 0 Å². The molecule has 0 aromatic rings. The maximum absolute atomic E-state index is 12.1. The molecule has 2 rings (SSSR count). The number of likely N-dealkylation sites (tertiary alicyclic amines) is 1. The number of aliphatic imine (C=N–C) groups is 1. The molecule has 1 atom stereocenters. The molecule has 0 aromatic heterocycles. The molecule has 1 amide bonds. The van der Waals surface area contributed by atoms with Crippen molar-refractivity contribution in [1.82, 2.24) is 25.3 Å². The molecule has 29 heavy (non-hydrogen) atoms. The molecular weight excluding hydrogens is 364 g/mol. The summed E-state index contributed by atoms with van der Waals surface area (Å²) in [6.07, 6.45) is 5.08. The van der Waals surface area contributed by atoms with Gasteiger partial charge in [-0.05, 0) is 38.6 Å². The summed E-state index contributed by atoms with van der Waals surface area (Å²) in [6.45, 7) is 18.0. The van der Waals surface area contributed by atoms with E-state index in [1.165, 1.54) is 32.6 Å². The highest BCUT2D eigenvalue weighted by molar-refractivity contribution is 5.79. The predicted octanol–water partition coefficient (Wildman–Crippen LogP) is 1.61. The van der Waals surface area contributed by atoms with Crippen molar-refractivity contribution in [2.45, 2.75) is 52.9 Å². The molecule has 2 aliphatic heterocycles. The zero-order valence-corrected chi connectivity index (χ0v) is 19.1. The molecule has 7 heteroatoms. The first-order valence-corrected chi connectivity index (χ1v) is 11.9. The molecule has 0 radical (unpaired) electrons. The molecule has 2 fully saturated rings. The Morgan fingerprint density at radius 3 is 2.52 bits per heavy atom. The zero-order valence-electron chi connectivity index (χ0n) is 19.1. The minimum Gasteiger partial charge on any atom is -0.357 e. The number of nitrogens with zero attached hydrogens (tertiary/aromatic N) is 4. The van der Waals surface area contributed by atoms with Gasteiger partial charge in [-0.1, -0.05) is 20.3 Å². The molecule has 168 valence electrons. The summed E-state index contributed by atoms with van der Waals surface area (Å²) in [7, 11) is 0. The molecule has 0 spiro atoms.